The summed E-state index contributed by atoms with van der Waals surface area (Å²) in [6, 6.07) is 58.6. The molecule has 0 radical (unpaired) electrons. The third kappa shape index (κ3) is 19.2. The fourth-order valence-electron chi connectivity index (χ4n) is 11.6. The number of carboxylic acids is 1. The molecule has 8 aliphatic heterocycles. The average molecular weight is 1640 g/mol. The zero-order valence-electron chi connectivity index (χ0n) is 57.7. The number of halogens is 3. The molecule has 1 N–H and O–H groups in total. The van der Waals surface area contributed by atoms with Crippen LogP contribution in [0.4, 0.5) is 0 Å². The van der Waals surface area contributed by atoms with Crippen molar-refractivity contribution in [3.8, 4) is 0 Å². The number of aliphatic carboxylic acids is 1. The van der Waals surface area contributed by atoms with Crippen molar-refractivity contribution < 1.29 is 53.1 Å². The van der Waals surface area contributed by atoms with Crippen LogP contribution in [0.15, 0.2) is 227 Å². The second-order valence-corrected chi connectivity index (χ2v) is 37.9. The second kappa shape index (κ2) is 35.4. The predicted molar refractivity (Wildman–Crippen MR) is 433 cm³/mol. The van der Waals surface area contributed by atoms with Crippen molar-refractivity contribution in [1.29, 1.82) is 0 Å². The average Bonchev–Trinajstić information content (AvgIpc) is 1.64. The van der Waals surface area contributed by atoms with E-state index in [0.717, 1.165) is 73.2 Å². The monoisotopic (exact) mass is 1630 g/mol. The summed E-state index contributed by atoms with van der Waals surface area (Å²) < 4.78 is -0.335. The lowest BCUT2D eigenvalue weighted by Crippen LogP contribution is -2.23. The summed E-state index contributed by atoms with van der Waals surface area (Å²) >= 11 is 27.3. The van der Waals surface area contributed by atoms with Crippen LogP contribution in [0.5, 0.6) is 0 Å². The largest absolute Gasteiger partial charge is 0.481 e. The van der Waals surface area contributed by atoms with E-state index in [1.807, 2.05) is 195 Å². The molecule has 8 aliphatic rings. The van der Waals surface area contributed by atoms with E-state index < -0.39 is 16.5 Å². The van der Waals surface area contributed by atoms with Gasteiger partial charge in [0.2, 0.25) is 0 Å². The van der Waals surface area contributed by atoms with E-state index in [1.165, 1.54) is 45.1 Å². The van der Waals surface area contributed by atoms with Gasteiger partial charge in [0.15, 0.2) is 52.0 Å². The summed E-state index contributed by atoms with van der Waals surface area (Å²) in [5.41, 5.74) is 11.8. The van der Waals surface area contributed by atoms with Gasteiger partial charge in [0, 0.05) is 99.3 Å². The molecule has 9 aromatic carbocycles. The Morgan fingerprint density at radius 1 is 0.442 bits per heavy atom. The Morgan fingerprint density at radius 2 is 0.894 bits per heavy atom. The molecule has 0 aliphatic carbocycles. The van der Waals surface area contributed by atoms with Crippen LogP contribution >= 0.6 is 133 Å². The highest BCUT2D eigenvalue weighted by atomic mass is 79.9. The van der Waals surface area contributed by atoms with Gasteiger partial charge in [0.05, 0.1) is 37.9 Å². The molecule has 9 aromatic rings. The highest BCUT2D eigenvalue weighted by Crippen LogP contribution is 2.46. The number of hydrogen-bond acceptors (Lipinski definition) is 18. The Kier molecular flexibility index (Phi) is 27.2. The number of carboxylic acid groups (broad SMARTS) is 1. The lowest BCUT2D eigenvalue weighted by atomic mass is 10.0. The molecule has 6 atom stereocenters. The maximum absolute atomic E-state index is 12.3. The molecular formula is C82H69BrCl2O11S8. The highest BCUT2D eigenvalue weighted by Gasteiger charge is 2.40. The molecule has 8 heterocycles. The van der Waals surface area contributed by atoms with Gasteiger partial charge in [-0.25, -0.2) is 0 Å². The molecule has 0 bridgehead atoms. The smallest absolute Gasteiger partial charge is 0.304 e. The van der Waals surface area contributed by atoms with Crippen molar-refractivity contribution in [3.05, 3.63) is 270 Å². The van der Waals surface area contributed by atoms with Gasteiger partial charge in [0.1, 0.15) is 9.41 Å². The van der Waals surface area contributed by atoms with Crippen molar-refractivity contribution in [1.82, 2.24) is 0 Å². The van der Waals surface area contributed by atoms with Gasteiger partial charge < -0.3 is 5.11 Å². The van der Waals surface area contributed by atoms with Crippen LogP contribution in [-0.2, 0) is 4.79 Å². The van der Waals surface area contributed by atoms with Crippen molar-refractivity contribution in [3.63, 3.8) is 0 Å². The van der Waals surface area contributed by atoms with Crippen LogP contribution in [0.1, 0.15) is 157 Å². The van der Waals surface area contributed by atoms with Gasteiger partial charge in [-0.2, -0.15) is 0 Å². The Morgan fingerprint density at radius 3 is 1.48 bits per heavy atom. The highest BCUT2D eigenvalue weighted by molar-refractivity contribution is 9.11. The number of fused-ring (bicyclic) bond motifs is 8. The van der Waals surface area contributed by atoms with E-state index in [9.17, 15) is 47.9 Å². The van der Waals surface area contributed by atoms with Crippen LogP contribution in [0.3, 0.4) is 0 Å². The Bertz CT molecular complexity index is 4860. The summed E-state index contributed by atoms with van der Waals surface area (Å²) in [5.74, 6) is 0.801. The van der Waals surface area contributed by atoms with Crippen LogP contribution in [0, 0.1) is 27.7 Å². The van der Waals surface area contributed by atoms with E-state index >= 15 is 0 Å². The molecule has 0 fully saturated rings. The number of alkyl halides is 1. The minimum Gasteiger partial charge on any atom is -0.481 e. The van der Waals surface area contributed by atoms with E-state index in [1.54, 1.807) is 113 Å². The number of ketones is 9. The maximum atomic E-state index is 12.3. The van der Waals surface area contributed by atoms with Gasteiger partial charge in [-0.15, -0.1) is 94.1 Å². The van der Waals surface area contributed by atoms with Crippen molar-refractivity contribution in [2.45, 2.75) is 143 Å². The zero-order chi connectivity index (χ0) is 75.0. The second-order valence-electron chi connectivity index (χ2n) is 25.2. The van der Waals surface area contributed by atoms with Crippen molar-refractivity contribution in [2.75, 3.05) is 5.75 Å². The fraction of sp³-hybridized carbons (Fsp3) is 0.220. The molecular weight excluding hydrogens is 1570 g/mol. The maximum Gasteiger partial charge on any atom is 0.304 e. The molecule has 17 rings (SSSR count). The lowest BCUT2D eigenvalue weighted by molar-refractivity contribution is -0.136. The number of carbonyl (C=O) groups excluding carboxylic acids is 9. The summed E-state index contributed by atoms with van der Waals surface area (Å²) in [6.45, 7) is 17.9. The molecule has 11 nitrogen and oxygen atoms in total. The fourth-order valence-corrected chi connectivity index (χ4v) is 21.4. The minimum absolute atomic E-state index is 0.0541. The van der Waals surface area contributed by atoms with Gasteiger partial charge >= 0.3 is 5.97 Å². The van der Waals surface area contributed by atoms with Crippen LogP contribution in [0.2, 0.25) is 10.0 Å². The topological polar surface area (TPSA) is 191 Å². The Balaban J connectivity index is 0.000000128. The van der Waals surface area contributed by atoms with E-state index in [2.05, 4.69) is 28.9 Å². The van der Waals surface area contributed by atoms with Gasteiger partial charge in [0.25, 0.3) is 0 Å². The first-order valence-corrected chi connectivity index (χ1v) is 41.5. The summed E-state index contributed by atoms with van der Waals surface area (Å²) in [4.78, 5) is 124. The minimum atomic E-state index is -0.959. The number of carbonyl (C=O) groups is 10. The van der Waals surface area contributed by atoms with E-state index in [4.69, 9.17) is 28.3 Å². The number of thioether (sulfide) groups is 8. The third-order valence-corrected chi connectivity index (χ3v) is 27.9. The first kappa shape index (κ1) is 79.9. The summed E-state index contributed by atoms with van der Waals surface area (Å²) in [7, 11) is 0. The Labute approximate surface area is 657 Å². The number of Topliss-reactive ketones (excluding diaryl/α,β-unsaturated/α-hetero) is 9. The van der Waals surface area contributed by atoms with Gasteiger partial charge in [-0.3, -0.25) is 47.9 Å². The first-order chi connectivity index (χ1) is 49.5. The van der Waals surface area contributed by atoms with Gasteiger partial charge in [-0.05, 0) is 153 Å². The quantitative estimate of drug-likeness (QED) is 0.0993. The number of aryl methyl sites for hydroxylation is 4. The summed E-state index contributed by atoms with van der Waals surface area (Å²) in [5, 5.41) is 8.92. The molecule has 0 saturated heterocycles. The van der Waals surface area contributed by atoms with E-state index in [0.29, 0.717) is 32.5 Å². The molecule has 0 spiro atoms. The molecule has 104 heavy (non-hydrogen) atoms. The van der Waals surface area contributed by atoms with Crippen LogP contribution in [-0.4, -0.2) is 104 Å². The van der Waals surface area contributed by atoms with Crippen molar-refractivity contribution in [2.24, 2.45) is 0 Å². The van der Waals surface area contributed by atoms with E-state index in [-0.39, 0.29) is 83.1 Å². The standard InChI is InChI=1S/C15H10O2S.C11H12OS.C10H7ClO3S.C10H10OS.C9H7BrOS.C9H7ClOS.2C9H8OS/c16-13(10-6-2-1-3-7-10)15-14(17)11-8-4-5-9-12(11)18-15;1-6-4-7(2)11-9(5-6)10(12)8(3)13-11;11-5-1-2-7-6(3-5)10(14)8(15-7)4-9(12)13;1-10(2)9(11)7-5-3-4-6-8(7)12-10;1-5-2-3-7-6(4-5)8(11)9(10)12-7;1-5-9(11)7-4-6(10)2-3-8(7)12-5;1-6-2-3-9-7(4-6)8(10)5-11-9;1-6-9(10)7-4-2-3-5-8(7)11-6/h1-9,15H;4-5,8H,1-3H3;1-3,8H,4H2,(H,12,13);3-6H,1-2H3;2-4,9H,1H3;2-5H,1H3;2-4H,5H2,1H3;2-6H,1H3. The number of rotatable bonds is 4. The predicted octanol–water partition coefficient (Wildman–Crippen LogP) is 22.1. The molecule has 22 heteroatoms. The SMILES string of the molecule is CC1(C)Sc2ccccc2C1=O.CC1Sc2ccc(Cl)cc2C1=O.CC1Sc2ccccc2C1=O.Cc1cc(C)c2c(c1)C(=O)C(C)S2.Cc1ccc2c(c1)C(=O)C(Br)S2.Cc1ccc2c(c1)C(=O)CS2.O=C(O)CC1Sc2ccc(Cl)cc2C1=O.O=C(c1ccccc1)C1Sc2ccccc2C1=O. The normalized spacial score (nSPS) is 19.4. The van der Waals surface area contributed by atoms with Crippen LogP contribution in [0.25, 0.3) is 0 Å². The van der Waals surface area contributed by atoms with Gasteiger partial charge in [-0.1, -0.05) is 159 Å². The zero-order valence-corrected chi connectivity index (χ0v) is 67.3. The third-order valence-electron chi connectivity index (χ3n) is 16.8. The summed E-state index contributed by atoms with van der Waals surface area (Å²) in [6.07, 6.45) is -0.143. The molecule has 0 aromatic heterocycles. The number of hydrogen-bond donors (Lipinski definition) is 1. The number of benzene rings is 9. The first-order valence-electron chi connectivity index (χ1n) is 32.8. The van der Waals surface area contributed by atoms with Crippen LogP contribution < -0.4 is 0 Å². The molecule has 0 saturated carbocycles. The van der Waals surface area contributed by atoms with Crippen molar-refractivity contribution >= 4 is 191 Å². The molecule has 0 amide bonds. The molecule has 532 valence electrons. The Hall–Kier alpha value is -6.66. The lowest BCUT2D eigenvalue weighted by Gasteiger charge is -2.11. The molecule has 6 unspecified atom stereocenters.